The van der Waals surface area contributed by atoms with Gasteiger partial charge in [0.05, 0.1) is 0 Å². The molecule has 0 aliphatic rings. The fraction of sp³-hybridized carbons (Fsp3) is 0.571. The average molecular weight is 395 g/mol. The lowest BCUT2D eigenvalue weighted by atomic mass is 9.72. The second-order valence-electron chi connectivity index (χ2n) is 9.13. The summed E-state index contributed by atoms with van der Waals surface area (Å²) in [6.07, 6.45) is 12.9. The lowest BCUT2D eigenvalue weighted by molar-refractivity contribution is 0.441. The number of phenols is 1. The van der Waals surface area contributed by atoms with Gasteiger partial charge in [-0.15, -0.1) is 0 Å². The summed E-state index contributed by atoms with van der Waals surface area (Å²) in [5, 5.41) is 10.9. The van der Waals surface area contributed by atoms with E-state index in [1.54, 1.807) is 0 Å². The van der Waals surface area contributed by atoms with Crippen molar-refractivity contribution in [2.24, 2.45) is 0 Å². The van der Waals surface area contributed by atoms with E-state index in [1.807, 2.05) is 12.1 Å². The Kier molecular flexibility index (Phi) is 9.78. The van der Waals surface area contributed by atoms with E-state index < -0.39 is 0 Å². The van der Waals surface area contributed by atoms with Crippen molar-refractivity contribution in [2.75, 3.05) is 0 Å². The van der Waals surface area contributed by atoms with Crippen LogP contribution in [0.4, 0.5) is 0 Å². The Bertz CT molecular complexity index is 702. The molecule has 0 aliphatic heterocycles. The first-order chi connectivity index (χ1) is 14.0. The number of phenolic OH excluding ortho intramolecular Hbond substituents is 1. The molecule has 1 atom stereocenters. The van der Waals surface area contributed by atoms with E-state index in [1.165, 1.54) is 75.3 Å². The van der Waals surface area contributed by atoms with Crippen LogP contribution in [-0.2, 0) is 5.41 Å². The number of rotatable bonds is 13. The first kappa shape index (κ1) is 23.5. The standard InChI is InChI=1S/C28H42O/c1-5-7-9-10-11-13-18-23(17-8-6-2)25-21-16-22-26(29)27(25)28(3,4)24-19-14-12-15-20-24/h12,14-16,19-23,29H,5-11,13,17-18H2,1-4H3. The van der Waals surface area contributed by atoms with Crippen LogP contribution in [0.2, 0.25) is 0 Å². The summed E-state index contributed by atoms with van der Waals surface area (Å²) >= 11 is 0. The highest BCUT2D eigenvalue weighted by Gasteiger charge is 2.31. The summed E-state index contributed by atoms with van der Waals surface area (Å²) in [6.45, 7) is 9.06. The highest BCUT2D eigenvalue weighted by atomic mass is 16.3. The van der Waals surface area contributed by atoms with Crippen LogP contribution < -0.4 is 0 Å². The van der Waals surface area contributed by atoms with E-state index >= 15 is 0 Å². The fourth-order valence-electron chi connectivity index (χ4n) is 4.65. The topological polar surface area (TPSA) is 20.2 Å². The average Bonchev–Trinajstić information content (AvgIpc) is 2.73. The van der Waals surface area contributed by atoms with Gasteiger partial charge in [0.15, 0.2) is 0 Å². The van der Waals surface area contributed by atoms with Crippen LogP contribution in [0.15, 0.2) is 48.5 Å². The molecular weight excluding hydrogens is 352 g/mol. The van der Waals surface area contributed by atoms with Crippen molar-refractivity contribution in [1.29, 1.82) is 0 Å². The smallest absolute Gasteiger partial charge is 0.119 e. The van der Waals surface area contributed by atoms with Crippen molar-refractivity contribution in [2.45, 2.75) is 103 Å². The Labute approximate surface area is 179 Å². The molecule has 0 bridgehead atoms. The van der Waals surface area contributed by atoms with Crippen molar-refractivity contribution in [3.8, 4) is 5.75 Å². The maximum Gasteiger partial charge on any atom is 0.119 e. The van der Waals surface area contributed by atoms with E-state index in [9.17, 15) is 5.11 Å². The third-order valence-corrected chi connectivity index (χ3v) is 6.45. The minimum Gasteiger partial charge on any atom is -0.508 e. The van der Waals surface area contributed by atoms with Crippen molar-refractivity contribution in [3.63, 3.8) is 0 Å². The summed E-state index contributed by atoms with van der Waals surface area (Å²) < 4.78 is 0. The Morgan fingerprint density at radius 1 is 0.724 bits per heavy atom. The van der Waals surface area contributed by atoms with Crippen molar-refractivity contribution >= 4 is 0 Å². The highest BCUT2D eigenvalue weighted by molar-refractivity contribution is 5.51. The van der Waals surface area contributed by atoms with E-state index in [0.29, 0.717) is 11.7 Å². The summed E-state index contributed by atoms with van der Waals surface area (Å²) in [5.74, 6) is 0.979. The van der Waals surface area contributed by atoms with Gasteiger partial charge in [-0.3, -0.25) is 0 Å². The van der Waals surface area contributed by atoms with Gasteiger partial charge in [0.2, 0.25) is 0 Å². The maximum absolute atomic E-state index is 10.9. The van der Waals surface area contributed by atoms with Gasteiger partial charge >= 0.3 is 0 Å². The predicted molar refractivity (Wildman–Crippen MR) is 127 cm³/mol. The van der Waals surface area contributed by atoms with Gasteiger partial charge in [0.25, 0.3) is 0 Å². The van der Waals surface area contributed by atoms with Crippen LogP contribution in [0.1, 0.15) is 115 Å². The van der Waals surface area contributed by atoms with Gasteiger partial charge in [0.1, 0.15) is 5.75 Å². The van der Waals surface area contributed by atoms with Crippen LogP contribution >= 0.6 is 0 Å². The molecule has 1 N–H and O–H groups in total. The lowest BCUT2D eigenvalue weighted by Crippen LogP contribution is -2.22. The molecule has 2 aromatic carbocycles. The van der Waals surface area contributed by atoms with Crippen LogP contribution in [-0.4, -0.2) is 5.11 Å². The number of hydrogen-bond acceptors (Lipinski definition) is 1. The Morgan fingerprint density at radius 3 is 2.03 bits per heavy atom. The van der Waals surface area contributed by atoms with Gasteiger partial charge in [-0.1, -0.05) is 122 Å². The SMILES string of the molecule is CCCCCCCCC(CCCC)c1cccc(O)c1C(C)(C)c1ccccc1. The minimum atomic E-state index is -0.215. The second kappa shape index (κ2) is 12.1. The summed E-state index contributed by atoms with van der Waals surface area (Å²) in [7, 11) is 0. The largest absolute Gasteiger partial charge is 0.508 e. The number of aromatic hydroxyl groups is 1. The number of unbranched alkanes of at least 4 members (excludes halogenated alkanes) is 6. The number of benzene rings is 2. The lowest BCUT2D eigenvalue weighted by Gasteiger charge is -2.32. The molecule has 0 saturated carbocycles. The molecule has 0 heterocycles. The molecule has 0 aliphatic carbocycles. The molecule has 0 amide bonds. The number of hydrogen-bond donors (Lipinski definition) is 1. The van der Waals surface area contributed by atoms with Crippen LogP contribution in [0, 0.1) is 0 Å². The van der Waals surface area contributed by atoms with Crippen LogP contribution in [0.5, 0.6) is 5.75 Å². The van der Waals surface area contributed by atoms with E-state index in [2.05, 4.69) is 64.1 Å². The fourth-order valence-corrected chi connectivity index (χ4v) is 4.65. The molecule has 0 fully saturated rings. The molecule has 0 saturated heterocycles. The van der Waals surface area contributed by atoms with Gasteiger partial charge in [-0.2, -0.15) is 0 Å². The maximum atomic E-state index is 10.9. The first-order valence-electron chi connectivity index (χ1n) is 11.9. The van der Waals surface area contributed by atoms with E-state index in [-0.39, 0.29) is 5.41 Å². The van der Waals surface area contributed by atoms with Gasteiger partial charge < -0.3 is 5.11 Å². The molecular formula is C28H42O. The molecule has 160 valence electrons. The monoisotopic (exact) mass is 394 g/mol. The minimum absolute atomic E-state index is 0.215. The zero-order chi connectivity index (χ0) is 21.1. The predicted octanol–water partition coefficient (Wildman–Crippen LogP) is 8.74. The molecule has 1 nitrogen and oxygen atoms in total. The normalized spacial score (nSPS) is 12.8. The molecule has 2 rings (SSSR count). The van der Waals surface area contributed by atoms with Crippen molar-refractivity contribution in [3.05, 3.63) is 65.2 Å². The molecule has 1 unspecified atom stereocenters. The third-order valence-electron chi connectivity index (χ3n) is 6.45. The zero-order valence-electron chi connectivity index (χ0n) is 19.2. The van der Waals surface area contributed by atoms with Gasteiger partial charge in [-0.05, 0) is 36.0 Å². The Hall–Kier alpha value is -1.76. The molecule has 29 heavy (non-hydrogen) atoms. The quantitative estimate of drug-likeness (QED) is 0.337. The molecule has 0 aromatic heterocycles. The molecule has 1 heteroatoms. The Morgan fingerprint density at radius 2 is 1.34 bits per heavy atom. The Balaban J connectivity index is 2.27. The van der Waals surface area contributed by atoms with E-state index in [0.717, 1.165) is 5.56 Å². The highest BCUT2D eigenvalue weighted by Crippen LogP contribution is 2.43. The van der Waals surface area contributed by atoms with Gasteiger partial charge in [0, 0.05) is 11.0 Å². The zero-order valence-corrected chi connectivity index (χ0v) is 19.2. The van der Waals surface area contributed by atoms with Crippen molar-refractivity contribution in [1.82, 2.24) is 0 Å². The molecule has 0 radical (unpaired) electrons. The van der Waals surface area contributed by atoms with Gasteiger partial charge in [-0.25, -0.2) is 0 Å². The summed E-state index contributed by atoms with van der Waals surface area (Å²) in [5.41, 5.74) is 3.53. The van der Waals surface area contributed by atoms with Crippen LogP contribution in [0.25, 0.3) is 0 Å². The molecule has 0 spiro atoms. The third kappa shape index (κ3) is 6.63. The summed E-state index contributed by atoms with van der Waals surface area (Å²) in [4.78, 5) is 0. The van der Waals surface area contributed by atoms with Crippen LogP contribution in [0.3, 0.4) is 0 Å². The summed E-state index contributed by atoms with van der Waals surface area (Å²) in [6, 6.07) is 16.8. The second-order valence-corrected chi connectivity index (χ2v) is 9.13. The first-order valence-corrected chi connectivity index (χ1v) is 11.9. The van der Waals surface area contributed by atoms with E-state index in [4.69, 9.17) is 0 Å². The van der Waals surface area contributed by atoms with Crippen molar-refractivity contribution < 1.29 is 5.11 Å². The molecule has 2 aromatic rings.